The first-order valence-electron chi connectivity index (χ1n) is 8.72. The van der Waals surface area contributed by atoms with E-state index in [0.717, 1.165) is 11.3 Å². The normalized spacial score (nSPS) is 13.2. The molecule has 0 saturated heterocycles. The van der Waals surface area contributed by atoms with Gasteiger partial charge in [-0.15, -0.1) is 11.3 Å². The van der Waals surface area contributed by atoms with Crippen molar-refractivity contribution < 1.29 is 21.6 Å². The lowest BCUT2D eigenvalue weighted by Gasteiger charge is -2.19. The van der Waals surface area contributed by atoms with E-state index in [4.69, 9.17) is 4.74 Å². The maximum absolute atomic E-state index is 13.2. The summed E-state index contributed by atoms with van der Waals surface area (Å²) in [5.41, 5.74) is 1.03. The highest BCUT2D eigenvalue weighted by Gasteiger charge is 2.31. The molecule has 3 rings (SSSR count). The molecule has 29 heavy (non-hydrogen) atoms. The number of thiophene rings is 1. The Morgan fingerprint density at radius 1 is 1.00 bits per heavy atom. The Morgan fingerprint density at radius 2 is 1.72 bits per heavy atom. The molecule has 1 N–H and O–H groups in total. The Bertz CT molecular complexity index is 1170. The zero-order valence-electron chi connectivity index (χ0n) is 15.9. The minimum Gasteiger partial charge on any atom is -0.497 e. The molecule has 1 atom stereocenters. The fraction of sp³-hybridized carbons (Fsp3) is 0.200. The van der Waals surface area contributed by atoms with Gasteiger partial charge in [-0.2, -0.15) is 0 Å². The van der Waals surface area contributed by atoms with E-state index in [1.165, 1.54) is 19.2 Å². The van der Waals surface area contributed by atoms with Crippen molar-refractivity contribution in [2.45, 2.75) is 21.3 Å². The Labute approximate surface area is 175 Å². The van der Waals surface area contributed by atoms with Crippen molar-refractivity contribution in [1.82, 2.24) is 4.72 Å². The van der Waals surface area contributed by atoms with E-state index in [1.54, 1.807) is 60.8 Å². The van der Waals surface area contributed by atoms with Gasteiger partial charge in [0.05, 0.1) is 12.0 Å². The molecule has 0 aliphatic rings. The van der Waals surface area contributed by atoms with Gasteiger partial charge in [0.15, 0.2) is 9.84 Å². The van der Waals surface area contributed by atoms with Crippen LogP contribution in [0.1, 0.15) is 16.4 Å². The van der Waals surface area contributed by atoms with Crippen LogP contribution in [0, 0.1) is 6.92 Å². The van der Waals surface area contributed by atoms with E-state index in [1.807, 2.05) is 0 Å². The third kappa shape index (κ3) is 4.69. The van der Waals surface area contributed by atoms with Crippen LogP contribution in [-0.2, 0) is 19.9 Å². The Kier molecular flexibility index (Phi) is 6.42. The standard InChI is InChI=1S/C20H21NO5S3/c1-15-13-17(26-2)10-11-18(15)29(24,25)21-14-19(16-7-4-3-5-8-16)28(22,23)20-9-6-12-27-20/h3-13,19,21H,14H2,1-2H3/t19-/m0/s1. The number of hydrogen-bond donors (Lipinski definition) is 1. The van der Waals surface area contributed by atoms with E-state index in [9.17, 15) is 16.8 Å². The molecule has 0 aliphatic carbocycles. The first kappa shape index (κ1) is 21.5. The van der Waals surface area contributed by atoms with Gasteiger partial charge in [0.25, 0.3) is 0 Å². The molecule has 0 amide bonds. The summed E-state index contributed by atoms with van der Waals surface area (Å²) in [4.78, 5) is 0.0821. The van der Waals surface area contributed by atoms with Crippen LogP contribution in [0.15, 0.2) is 75.1 Å². The average molecular weight is 452 g/mol. The van der Waals surface area contributed by atoms with E-state index < -0.39 is 25.1 Å². The Morgan fingerprint density at radius 3 is 2.31 bits per heavy atom. The van der Waals surface area contributed by atoms with Gasteiger partial charge in [-0.05, 0) is 47.7 Å². The first-order chi connectivity index (χ1) is 13.8. The number of ether oxygens (including phenoxy) is 1. The summed E-state index contributed by atoms with van der Waals surface area (Å²) in [6.07, 6.45) is 0. The molecule has 3 aromatic rings. The second-order valence-electron chi connectivity index (χ2n) is 6.36. The highest BCUT2D eigenvalue weighted by atomic mass is 32.2. The molecule has 1 heterocycles. The minimum absolute atomic E-state index is 0.0821. The predicted octanol–water partition coefficient (Wildman–Crippen LogP) is 3.56. The number of sulfone groups is 1. The molecular formula is C20H21NO5S3. The van der Waals surface area contributed by atoms with Gasteiger partial charge in [-0.25, -0.2) is 21.6 Å². The van der Waals surface area contributed by atoms with Crippen molar-refractivity contribution in [1.29, 1.82) is 0 Å². The number of sulfonamides is 1. The highest BCUT2D eigenvalue weighted by Crippen LogP contribution is 2.31. The van der Waals surface area contributed by atoms with Gasteiger partial charge >= 0.3 is 0 Å². The molecule has 6 nitrogen and oxygen atoms in total. The van der Waals surface area contributed by atoms with Crippen molar-refractivity contribution in [3.05, 3.63) is 77.2 Å². The summed E-state index contributed by atoms with van der Waals surface area (Å²) in [5.74, 6) is 0.545. The van der Waals surface area contributed by atoms with Crippen molar-refractivity contribution in [2.75, 3.05) is 13.7 Å². The molecule has 1 aromatic heterocycles. The molecule has 0 bridgehead atoms. The topological polar surface area (TPSA) is 89.5 Å². The summed E-state index contributed by atoms with van der Waals surface area (Å²) in [5, 5.41) is 0.635. The third-order valence-corrected chi connectivity index (χ3v) is 9.57. The van der Waals surface area contributed by atoms with Gasteiger partial charge in [0.2, 0.25) is 10.0 Å². The van der Waals surface area contributed by atoms with Crippen LogP contribution < -0.4 is 9.46 Å². The van der Waals surface area contributed by atoms with Crippen LogP contribution in [0.5, 0.6) is 5.75 Å². The number of hydrogen-bond acceptors (Lipinski definition) is 6. The maximum Gasteiger partial charge on any atom is 0.240 e. The smallest absolute Gasteiger partial charge is 0.240 e. The summed E-state index contributed by atoms with van der Waals surface area (Å²) in [6.45, 7) is 1.38. The molecule has 0 radical (unpaired) electrons. The quantitative estimate of drug-likeness (QED) is 0.566. The molecule has 0 unspecified atom stereocenters. The lowest BCUT2D eigenvalue weighted by Crippen LogP contribution is -2.32. The number of methoxy groups -OCH3 is 1. The third-order valence-electron chi connectivity index (χ3n) is 4.45. The number of benzene rings is 2. The largest absolute Gasteiger partial charge is 0.497 e. The molecule has 0 aliphatic heterocycles. The Balaban J connectivity index is 1.93. The van der Waals surface area contributed by atoms with E-state index in [-0.39, 0.29) is 15.6 Å². The summed E-state index contributed by atoms with van der Waals surface area (Å²) >= 11 is 1.11. The zero-order chi connectivity index (χ0) is 21.1. The van der Waals surface area contributed by atoms with Crippen LogP contribution in [0.25, 0.3) is 0 Å². The van der Waals surface area contributed by atoms with Gasteiger partial charge in [-0.3, -0.25) is 0 Å². The summed E-state index contributed by atoms with van der Waals surface area (Å²) in [6, 6.07) is 16.4. The molecule has 0 fully saturated rings. The van der Waals surface area contributed by atoms with E-state index in [2.05, 4.69) is 4.72 Å². The summed E-state index contributed by atoms with van der Waals surface area (Å²) < 4.78 is 59.8. The predicted molar refractivity (Wildman–Crippen MR) is 114 cm³/mol. The molecule has 0 spiro atoms. The zero-order valence-corrected chi connectivity index (χ0v) is 18.4. The fourth-order valence-electron chi connectivity index (χ4n) is 2.95. The van der Waals surface area contributed by atoms with Crippen molar-refractivity contribution >= 4 is 31.2 Å². The lowest BCUT2D eigenvalue weighted by molar-refractivity contribution is 0.414. The number of nitrogens with one attached hydrogen (secondary N) is 1. The first-order valence-corrected chi connectivity index (χ1v) is 12.6. The SMILES string of the molecule is COc1ccc(S(=O)(=O)NC[C@@H](c2ccccc2)S(=O)(=O)c2cccs2)c(C)c1. The van der Waals surface area contributed by atoms with Gasteiger partial charge in [0, 0.05) is 6.54 Å². The Hall–Kier alpha value is -2.20. The van der Waals surface area contributed by atoms with Crippen molar-refractivity contribution in [2.24, 2.45) is 0 Å². The molecular weight excluding hydrogens is 430 g/mol. The molecule has 154 valence electrons. The van der Waals surface area contributed by atoms with Gasteiger partial charge in [-0.1, -0.05) is 36.4 Å². The lowest BCUT2D eigenvalue weighted by atomic mass is 10.1. The number of rotatable bonds is 8. The average Bonchev–Trinajstić information content (AvgIpc) is 3.24. The summed E-state index contributed by atoms with van der Waals surface area (Å²) in [7, 11) is -6.18. The van der Waals surface area contributed by atoms with Gasteiger partial charge in [0.1, 0.15) is 15.2 Å². The van der Waals surface area contributed by atoms with Crippen LogP contribution >= 0.6 is 11.3 Å². The molecule has 0 saturated carbocycles. The second-order valence-corrected chi connectivity index (χ2v) is 11.4. The second kappa shape index (κ2) is 8.66. The van der Waals surface area contributed by atoms with Crippen LogP contribution in [0.3, 0.4) is 0 Å². The fourth-order valence-corrected chi connectivity index (χ4v) is 7.20. The van der Waals surface area contributed by atoms with Crippen molar-refractivity contribution in [3.8, 4) is 5.75 Å². The van der Waals surface area contributed by atoms with Crippen LogP contribution in [0.2, 0.25) is 0 Å². The molecule has 2 aromatic carbocycles. The van der Waals surface area contributed by atoms with E-state index >= 15 is 0 Å². The minimum atomic E-state index is -3.91. The number of aryl methyl sites for hydroxylation is 1. The van der Waals surface area contributed by atoms with Crippen LogP contribution in [0.4, 0.5) is 0 Å². The maximum atomic E-state index is 13.2. The van der Waals surface area contributed by atoms with Gasteiger partial charge < -0.3 is 4.74 Å². The van der Waals surface area contributed by atoms with E-state index in [0.29, 0.717) is 16.9 Å². The highest BCUT2D eigenvalue weighted by molar-refractivity contribution is 7.93. The monoisotopic (exact) mass is 451 g/mol. The molecule has 9 heteroatoms. The van der Waals surface area contributed by atoms with Crippen LogP contribution in [-0.4, -0.2) is 30.5 Å². The van der Waals surface area contributed by atoms with Crippen molar-refractivity contribution in [3.63, 3.8) is 0 Å².